The third kappa shape index (κ3) is 6.68. The molecule has 2 aromatic carbocycles. The molecule has 0 unspecified atom stereocenters. The first-order valence-corrected chi connectivity index (χ1v) is 12.1. The lowest BCUT2D eigenvalue weighted by molar-refractivity contribution is -0.116. The van der Waals surface area contributed by atoms with Crippen LogP contribution in [-0.2, 0) is 9.53 Å². The van der Waals surface area contributed by atoms with Crippen molar-refractivity contribution in [3.8, 4) is 16.2 Å². The summed E-state index contributed by atoms with van der Waals surface area (Å²) in [7, 11) is 0. The Morgan fingerprint density at radius 1 is 1.06 bits per heavy atom. The average Bonchev–Trinajstić information content (AvgIpc) is 3.21. The largest absolute Gasteiger partial charge is 0.494 e. The molecule has 0 atom stereocenters. The molecule has 0 radical (unpaired) electrons. The van der Waals surface area contributed by atoms with Gasteiger partial charge in [-0.15, -0.1) is 11.3 Å². The van der Waals surface area contributed by atoms with E-state index in [4.69, 9.17) is 9.47 Å². The molecule has 0 spiro atoms. The van der Waals surface area contributed by atoms with Gasteiger partial charge in [0.1, 0.15) is 10.8 Å². The van der Waals surface area contributed by atoms with Crippen LogP contribution in [-0.4, -0.2) is 25.1 Å². The lowest BCUT2D eigenvalue weighted by Gasteiger charge is -2.12. The lowest BCUT2D eigenvalue weighted by atomic mass is 9.98. The molecule has 0 bridgehead atoms. The molecule has 1 amide bonds. The van der Waals surface area contributed by atoms with Gasteiger partial charge in [0.15, 0.2) is 0 Å². The van der Waals surface area contributed by atoms with Crippen molar-refractivity contribution in [2.75, 3.05) is 18.5 Å². The van der Waals surface area contributed by atoms with E-state index in [1.807, 2.05) is 42.5 Å². The second-order valence-electron chi connectivity index (χ2n) is 8.11. The van der Waals surface area contributed by atoms with E-state index in [-0.39, 0.29) is 12.5 Å². The molecule has 0 aliphatic heterocycles. The zero-order chi connectivity index (χ0) is 23.8. The number of anilines is 1. The maximum Gasteiger partial charge on any atom is 0.341 e. The molecule has 0 aliphatic rings. The molecule has 1 aromatic heterocycles. The zero-order valence-electron chi connectivity index (χ0n) is 19.6. The topological polar surface area (TPSA) is 64.6 Å². The van der Waals surface area contributed by atoms with Crippen LogP contribution in [0.3, 0.4) is 0 Å². The number of hydrogen-bond acceptors (Lipinski definition) is 5. The fourth-order valence-corrected chi connectivity index (χ4v) is 4.65. The highest BCUT2D eigenvalue weighted by Gasteiger charge is 2.19. The Balaban J connectivity index is 1.58. The van der Waals surface area contributed by atoms with Crippen molar-refractivity contribution < 1.29 is 19.1 Å². The van der Waals surface area contributed by atoms with Crippen molar-refractivity contribution in [1.82, 2.24) is 0 Å². The summed E-state index contributed by atoms with van der Waals surface area (Å²) in [5, 5.41) is 3.40. The quantitative estimate of drug-likeness (QED) is 0.263. The minimum absolute atomic E-state index is 0.156. The van der Waals surface area contributed by atoms with E-state index in [2.05, 4.69) is 32.2 Å². The molecular formula is C27H31NO4S. The third-order valence-electron chi connectivity index (χ3n) is 5.22. The van der Waals surface area contributed by atoms with Gasteiger partial charge in [-0.05, 0) is 61.1 Å². The van der Waals surface area contributed by atoms with Crippen molar-refractivity contribution in [3.05, 3.63) is 71.3 Å². The number of hydrogen-bond donors (Lipinski definition) is 1. The molecule has 33 heavy (non-hydrogen) atoms. The molecule has 0 fully saturated rings. The summed E-state index contributed by atoms with van der Waals surface area (Å²) in [6, 6.07) is 17.7. The average molecular weight is 466 g/mol. The van der Waals surface area contributed by atoms with Gasteiger partial charge in [-0.1, -0.05) is 50.2 Å². The van der Waals surface area contributed by atoms with E-state index >= 15 is 0 Å². The van der Waals surface area contributed by atoms with E-state index in [1.165, 1.54) is 22.5 Å². The normalized spacial score (nSPS) is 10.8. The summed E-state index contributed by atoms with van der Waals surface area (Å²) >= 11 is 1.37. The van der Waals surface area contributed by atoms with Crippen LogP contribution in [0.1, 0.15) is 61.0 Å². The Labute approximate surface area is 199 Å². The summed E-state index contributed by atoms with van der Waals surface area (Å²) in [5.74, 6) is 0.696. The lowest BCUT2D eigenvalue weighted by Crippen LogP contribution is -2.14. The van der Waals surface area contributed by atoms with Crippen LogP contribution in [0, 0.1) is 6.92 Å². The van der Waals surface area contributed by atoms with Gasteiger partial charge in [-0.3, -0.25) is 4.79 Å². The van der Waals surface area contributed by atoms with E-state index < -0.39 is 5.97 Å². The molecule has 5 nitrogen and oxygen atoms in total. The number of aryl methyl sites for hydroxylation is 1. The molecule has 3 rings (SSSR count). The van der Waals surface area contributed by atoms with Crippen molar-refractivity contribution in [2.24, 2.45) is 0 Å². The van der Waals surface area contributed by atoms with Gasteiger partial charge in [0.25, 0.3) is 0 Å². The Morgan fingerprint density at radius 2 is 1.82 bits per heavy atom. The second-order valence-corrected chi connectivity index (χ2v) is 9.17. The van der Waals surface area contributed by atoms with Crippen LogP contribution in [0.2, 0.25) is 0 Å². The van der Waals surface area contributed by atoms with E-state index in [9.17, 15) is 9.59 Å². The number of thiophene rings is 1. The van der Waals surface area contributed by atoms with E-state index in [0.717, 1.165) is 16.2 Å². The van der Waals surface area contributed by atoms with Crippen LogP contribution < -0.4 is 10.1 Å². The van der Waals surface area contributed by atoms with Crippen LogP contribution in [0.25, 0.3) is 10.4 Å². The summed E-state index contributed by atoms with van der Waals surface area (Å²) in [5.41, 5.74) is 3.88. The SMILES string of the molecule is CCOC(=O)c1cc(-c2ccccc2)sc1NC(=O)CCCOc1ccc(C(C)C)c(C)c1. The molecule has 0 saturated heterocycles. The van der Waals surface area contributed by atoms with E-state index in [0.29, 0.717) is 35.9 Å². The van der Waals surface area contributed by atoms with Gasteiger partial charge in [0, 0.05) is 11.3 Å². The Hall–Kier alpha value is -3.12. The van der Waals surface area contributed by atoms with Gasteiger partial charge in [0.05, 0.1) is 18.8 Å². The fraction of sp³-hybridized carbons (Fsp3) is 0.333. The van der Waals surface area contributed by atoms with E-state index in [1.54, 1.807) is 13.0 Å². The smallest absolute Gasteiger partial charge is 0.341 e. The predicted octanol–water partition coefficient (Wildman–Crippen LogP) is 6.82. The van der Waals surface area contributed by atoms with Crippen molar-refractivity contribution in [3.63, 3.8) is 0 Å². The number of ether oxygens (including phenoxy) is 2. The Morgan fingerprint density at radius 3 is 2.48 bits per heavy atom. The fourth-order valence-electron chi connectivity index (χ4n) is 3.59. The molecule has 1 heterocycles. The zero-order valence-corrected chi connectivity index (χ0v) is 20.5. The first-order valence-electron chi connectivity index (χ1n) is 11.3. The van der Waals surface area contributed by atoms with Gasteiger partial charge < -0.3 is 14.8 Å². The summed E-state index contributed by atoms with van der Waals surface area (Å²) in [6.07, 6.45) is 0.867. The Bertz CT molecular complexity index is 1090. The van der Waals surface area contributed by atoms with Crippen molar-refractivity contribution >= 4 is 28.2 Å². The van der Waals surface area contributed by atoms with Gasteiger partial charge in [0.2, 0.25) is 5.91 Å². The first kappa shape index (κ1) is 24.5. The summed E-state index contributed by atoms with van der Waals surface area (Å²) in [6.45, 7) is 8.91. The molecule has 3 aromatic rings. The van der Waals surface area contributed by atoms with Crippen LogP contribution >= 0.6 is 11.3 Å². The van der Waals surface area contributed by atoms with Crippen molar-refractivity contribution in [2.45, 2.75) is 46.5 Å². The first-order chi connectivity index (χ1) is 15.9. The summed E-state index contributed by atoms with van der Waals surface area (Å²) in [4.78, 5) is 25.9. The maximum atomic E-state index is 12.6. The number of rotatable bonds is 10. The van der Waals surface area contributed by atoms with Gasteiger partial charge >= 0.3 is 5.97 Å². The third-order valence-corrected chi connectivity index (χ3v) is 6.32. The molecular weight excluding hydrogens is 434 g/mol. The second kappa shape index (κ2) is 11.7. The predicted molar refractivity (Wildman–Crippen MR) is 134 cm³/mol. The number of carbonyl (C=O) groups is 2. The number of amides is 1. The standard InChI is InChI=1S/C27H31NO4S/c1-5-31-27(30)23-17-24(20-10-7-6-8-11-20)33-26(23)28-25(29)12-9-15-32-21-13-14-22(18(2)3)19(4)16-21/h6-8,10-11,13-14,16-18H,5,9,12,15H2,1-4H3,(H,28,29). The summed E-state index contributed by atoms with van der Waals surface area (Å²) < 4.78 is 11.0. The highest BCUT2D eigenvalue weighted by molar-refractivity contribution is 7.20. The highest BCUT2D eigenvalue weighted by Crippen LogP contribution is 2.36. The molecule has 174 valence electrons. The Kier molecular flexibility index (Phi) is 8.66. The minimum Gasteiger partial charge on any atom is -0.494 e. The van der Waals surface area contributed by atoms with Crippen LogP contribution in [0.4, 0.5) is 5.00 Å². The number of nitrogens with one attached hydrogen (secondary N) is 1. The van der Waals surface area contributed by atoms with Gasteiger partial charge in [-0.25, -0.2) is 4.79 Å². The molecule has 1 N–H and O–H groups in total. The minimum atomic E-state index is -0.435. The highest BCUT2D eigenvalue weighted by atomic mass is 32.1. The maximum absolute atomic E-state index is 12.6. The molecule has 0 saturated carbocycles. The number of benzene rings is 2. The number of carbonyl (C=O) groups excluding carboxylic acids is 2. The monoisotopic (exact) mass is 465 g/mol. The van der Waals surface area contributed by atoms with Crippen molar-refractivity contribution in [1.29, 1.82) is 0 Å². The van der Waals surface area contributed by atoms with Crippen LogP contribution in [0.5, 0.6) is 5.75 Å². The molecule has 0 aliphatic carbocycles. The van der Waals surface area contributed by atoms with Crippen LogP contribution in [0.15, 0.2) is 54.6 Å². The number of esters is 1. The molecule has 6 heteroatoms. The van der Waals surface area contributed by atoms with Gasteiger partial charge in [-0.2, -0.15) is 0 Å².